The predicted octanol–water partition coefficient (Wildman–Crippen LogP) is 3.47. The fourth-order valence-corrected chi connectivity index (χ4v) is 4.67. The van der Waals surface area contributed by atoms with Crippen LogP contribution in [-0.4, -0.2) is 45.9 Å². The van der Waals surface area contributed by atoms with Crippen LogP contribution in [0.1, 0.15) is 23.2 Å². The number of aryl methyl sites for hydroxylation is 1. The summed E-state index contributed by atoms with van der Waals surface area (Å²) in [6, 6.07) is 3.01. The van der Waals surface area contributed by atoms with E-state index in [0.29, 0.717) is 18.5 Å². The molecule has 0 saturated carbocycles. The molecule has 160 valence electrons. The predicted molar refractivity (Wildman–Crippen MR) is 106 cm³/mol. The Balaban J connectivity index is 1.35. The number of benzene rings is 1. The lowest BCUT2D eigenvalue weighted by Gasteiger charge is -2.33. The number of hydrogen-bond donors (Lipinski definition) is 1. The largest absolute Gasteiger partial charge is 0.333 e. The second kappa shape index (κ2) is 7.11. The number of carbonyl (C=O) groups excluding carboxylic acids is 2. The lowest BCUT2D eigenvalue weighted by atomic mass is 9.99. The minimum Gasteiger partial charge on any atom is -0.333 e. The summed E-state index contributed by atoms with van der Waals surface area (Å²) < 4.78 is 42.3. The van der Waals surface area contributed by atoms with E-state index in [9.17, 15) is 22.8 Å². The third-order valence-corrected chi connectivity index (χ3v) is 6.20. The minimum atomic E-state index is -1.04. The van der Waals surface area contributed by atoms with Gasteiger partial charge < -0.3 is 15.1 Å². The Hall–Kier alpha value is -3.36. The molecule has 2 atom stereocenters. The molecule has 3 aliphatic rings. The van der Waals surface area contributed by atoms with Crippen LogP contribution in [0.5, 0.6) is 0 Å². The van der Waals surface area contributed by atoms with Crippen LogP contribution in [0.15, 0.2) is 30.5 Å². The molecule has 31 heavy (non-hydrogen) atoms. The van der Waals surface area contributed by atoms with Gasteiger partial charge in [-0.15, -0.1) is 0 Å². The zero-order valence-electron chi connectivity index (χ0n) is 16.7. The van der Waals surface area contributed by atoms with E-state index in [4.69, 9.17) is 0 Å². The summed E-state index contributed by atoms with van der Waals surface area (Å²) in [7, 11) is 0. The molecule has 1 aliphatic carbocycles. The van der Waals surface area contributed by atoms with Gasteiger partial charge in [0.1, 0.15) is 6.54 Å². The van der Waals surface area contributed by atoms with Gasteiger partial charge in [-0.3, -0.25) is 9.78 Å². The minimum absolute atomic E-state index is 0.00487. The van der Waals surface area contributed by atoms with Gasteiger partial charge in [0.25, 0.3) is 0 Å². The average molecular weight is 428 g/mol. The van der Waals surface area contributed by atoms with Gasteiger partial charge in [-0.2, -0.15) is 0 Å². The highest BCUT2D eigenvalue weighted by Gasteiger charge is 2.43. The zero-order valence-corrected chi connectivity index (χ0v) is 16.7. The molecule has 0 spiro atoms. The van der Waals surface area contributed by atoms with E-state index in [0.717, 1.165) is 16.5 Å². The van der Waals surface area contributed by atoms with Crippen LogP contribution in [0, 0.1) is 30.3 Å². The molecule has 6 nitrogen and oxygen atoms in total. The number of rotatable bonds is 3. The maximum atomic E-state index is 14.6. The van der Waals surface area contributed by atoms with Crippen LogP contribution in [-0.2, 0) is 11.3 Å². The maximum Gasteiger partial charge on any atom is 0.322 e. The molecule has 1 fully saturated rings. The quantitative estimate of drug-likeness (QED) is 0.814. The van der Waals surface area contributed by atoms with Crippen molar-refractivity contribution in [3.8, 4) is 0 Å². The van der Waals surface area contributed by atoms with E-state index in [1.165, 1.54) is 12.3 Å². The van der Waals surface area contributed by atoms with Crippen molar-refractivity contribution in [3.63, 3.8) is 0 Å². The van der Waals surface area contributed by atoms with E-state index in [1.54, 1.807) is 17.9 Å². The molecule has 5 rings (SSSR count). The molecule has 2 aromatic rings. The van der Waals surface area contributed by atoms with Crippen LogP contribution in [0.2, 0.25) is 0 Å². The smallest absolute Gasteiger partial charge is 0.322 e. The zero-order chi connectivity index (χ0) is 21.9. The molecule has 1 aromatic heterocycles. The Bertz CT molecular complexity index is 1150. The van der Waals surface area contributed by atoms with Crippen molar-refractivity contribution in [3.05, 3.63) is 64.7 Å². The normalized spacial score (nSPS) is 21.8. The van der Waals surface area contributed by atoms with Crippen molar-refractivity contribution < 1.29 is 22.8 Å². The van der Waals surface area contributed by atoms with Gasteiger partial charge in [-0.1, -0.05) is 6.08 Å². The first-order valence-corrected chi connectivity index (χ1v) is 9.99. The highest BCUT2D eigenvalue weighted by molar-refractivity contribution is 5.95. The number of nitrogens with zero attached hydrogens (tertiary/aromatic N) is 3. The molecule has 3 amide bonds. The lowest BCUT2D eigenvalue weighted by Crippen LogP contribution is -2.48. The SMILES string of the molecule is Cc1nccc(C2=CC3CC2N(C(=O)CN2Cc4c(ccc(F)c4F)NC2=O)C3)c1F. The van der Waals surface area contributed by atoms with E-state index >= 15 is 0 Å². The summed E-state index contributed by atoms with van der Waals surface area (Å²) in [5, 5.41) is 2.50. The summed E-state index contributed by atoms with van der Waals surface area (Å²) >= 11 is 0. The number of aromatic nitrogens is 1. The monoisotopic (exact) mass is 428 g/mol. The number of nitrogens with one attached hydrogen (secondary N) is 1. The van der Waals surface area contributed by atoms with Crippen LogP contribution in [0.3, 0.4) is 0 Å². The summed E-state index contributed by atoms with van der Waals surface area (Å²) in [5.41, 5.74) is 1.66. The first-order chi connectivity index (χ1) is 14.8. The number of hydrogen-bond acceptors (Lipinski definition) is 3. The van der Waals surface area contributed by atoms with Crippen LogP contribution >= 0.6 is 0 Å². The molecule has 1 N–H and O–H groups in total. The van der Waals surface area contributed by atoms with Crippen molar-refractivity contribution in [2.75, 3.05) is 18.4 Å². The number of anilines is 1. The molecule has 2 aliphatic heterocycles. The Morgan fingerprint density at radius 3 is 2.81 bits per heavy atom. The van der Waals surface area contributed by atoms with Crippen molar-refractivity contribution in [2.24, 2.45) is 5.92 Å². The van der Waals surface area contributed by atoms with E-state index < -0.39 is 23.5 Å². The van der Waals surface area contributed by atoms with Gasteiger partial charge in [0.2, 0.25) is 5.91 Å². The molecule has 2 unspecified atom stereocenters. The fourth-order valence-electron chi connectivity index (χ4n) is 4.67. The number of pyridine rings is 1. The Morgan fingerprint density at radius 1 is 1.23 bits per heavy atom. The van der Waals surface area contributed by atoms with Crippen molar-refractivity contribution in [1.82, 2.24) is 14.8 Å². The summed E-state index contributed by atoms with van der Waals surface area (Å²) in [6.45, 7) is 1.58. The molecule has 1 aromatic carbocycles. The van der Waals surface area contributed by atoms with E-state index in [-0.39, 0.29) is 47.9 Å². The van der Waals surface area contributed by atoms with E-state index in [2.05, 4.69) is 10.3 Å². The third kappa shape index (κ3) is 3.15. The van der Waals surface area contributed by atoms with Gasteiger partial charge in [-0.05, 0) is 43.0 Å². The average Bonchev–Trinajstić information content (AvgIpc) is 3.35. The number of amides is 3. The highest BCUT2D eigenvalue weighted by atomic mass is 19.2. The number of halogens is 3. The standard InChI is InChI=1S/C22H19F3N4O2/c1-11-20(24)13(4-5-26-11)14-6-12-7-18(14)29(8-12)19(30)10-28-9-15-17(27-22(28)31)3-2-16(23)21(15)25/h2-6,12,18H,7-10H2,1H3,(H,27,31). The first kappa shape index (κ1) is 19.6. The Morgan fingerprint density at radius 2 is 2.03 bits per heavy atom. The summed E-state index contributed by atoms with van der Waals surface area (Å²) in [4.78, 5) is 32.2. The lowest BCUT2D eigenvalue weighted by molar-refractivity contribution is -0.132. The molecule has 3 heterocycles. The first-order valence-electron chi connectivity index (χ1n) is 9.99. The Labute approximate surface area is 176 Å². The number of urea groups is 1. The number of fused-ring (bicyclic) bond motifs is 3. The third-order valence-electron chi connectivity index (χ3n) is 6.20. The fraction of sp³-hybridized carbons (Fsp3) is 0.318. The van der Waals surface area contributed by atoms with Crippen LogP contribution in [0.25, 0.3) is 5.57 Å². The summed E-state index contributed by atoms with van der Waals surface area (Å²) in [5.74, 6) is -2.66. The van der Waals surface area contributed by atoms with Gasteiger partial charge in [0.05, 0.1) is 24.0 Å². The maximum absolute atomic E-state index is 14.6. The molecular weight excluding hydrogens is 409 g/mol. The second-order valence-corrected chi connectivity index (χ2v) is 8.11. The molecule has 1 saturated heterocycles. The van der Waals surface area contributed by atoms with Crippen molar-refractivity contribution in [1.29, 1.82) is 0 Å². The van der Waals surface area contributed by atoms with Crippen LogP contribution in [0.4, 0.5) is 23.7 Å². The van der Waals surface area contributed by atoms with Gasteiger partial charge in [-0.25, -0.2) is 18.0 Å². The second-order valence-electron chi connectivity index (χ2n) is 8.11. The molecular formula is C22H19F3N4O2. The van der Waals surface area contributed by atoms with Crippen LogP contribution < -0.4 is 5.32 Å². The molecule has 2 bridgehead atoms. The van der Waals surface area contributed by atoms with Crippen molar-refractivity contribution >= 4 is 23.2 Å². The van der Waals surface area contributed by atoms with Gasteiger partial charge in [0.15, 0.2) is 17.5 Å². The number of carbonyl (C=O) groups is 2. The number of likely N-dealkylation sites (tertiary alicyclic amines) is 1. The van der Waals surface area contributed by atoms with E-state index in [1.807, 2.05) is 6.08 Å². The highest BCUT2D eigenvalue weighted by Crippen LogP contribution is 2.42. The van der Waals surface area contributed by atoms with Gasteiger partial charge >= 0.3 is 6.03 Å². The van der Waals surface area contributed by atoms with Crippen molar-refractivity contribution in [2.45, 2.75) is 25.9 Å². The topological polar surface area (TPSA) is 65.5 Å². The van der Waals surface area contributed by atoms with Gasteiger partial charge in [0, 0.05) is 23.9 Å². The Kier molecular flexibility index (Phi) is 4.49. The summed E-state index contributed by atoms with van der Waals surface area (Å²) in [6.07, 6.45) is 4.22. The molecule has 9 heteroatoms. The molecule has 0 radical (unpaired) electrons.